The van der Waals surface area contributed by atoms with Crippen LogP contribution in [0.3, 0.4) is 0 Å². The van der Waals surface area contributed by atoms with Gasteiger partial charge in [0.05, 0.1) is 22.9 Å². The molecular weight excluding hydrogens is 421 g/mol. The summed E-state index contributed by atoms with van der Waals surface area (Å²) in [6.45, 7) is 0. The lowest BCUT2D eigenvalue weighted by Crippen LogP contribution is -2.60. The number of halogens is 1. The fraction of sp³-hybridized carbons (Fsp3) is 0.259. The number of imide groups is 1. The largest absolute Gasteiger partial charge is 0.355 e. The molecule has 166 valence electrons. The van der Waals surface area contributed by atoms with E-state index in [4.69, 9.17) is 9.47 Å². The maximum absolute atomic E-state index is 14.1. The monoisotopic (exact) mass is 443 g/mol. The Morgan fingerprint density at radius 2 is 1.36 bits per heavy atom. The zero-order valence-electron chi connectivity index (χ0n) is 18.2. The number of methoxy groups -OCH3 is 2. The summed E-state index contributed by atoms with van der Waals surface area (Å²) in [7, 11) is 3.12. The van der Waals surface area contributed by atoms with Crippen LogP contribution in [-0.4, -0.2) is 32.3 Å². The molecule has 4 aliphatic rings. The smallest absolute Gasteiger partial charge is 0.239 e. The molecule has 1 saturated heterocycles. The molecule has 1 heterocycles. The highest BCUT2D eigenvalue weighted by atomic mass is 19.1. The van der Waals surface area contributed by atoms with Crippen molar-refractivity contribution in [2.45, 2.75) is 17.6 Å². The summed E-state index contributed by atoms with van der Waals surface area (Å²) in [5.41, 5.74) is 3.29. The van der Waals surface area contributed by atoms with Gasteiger partial charge in [0.1, 0.15) is 5.82 Å². The minimum absolute atomic E-state index is 0.263. The van der Waals surface area contributed by atoms with Crippen LogP contribution in [0.25, 0.3) is 0 Å². The number of hydrogen-bond acceptors (Lipinski definition) is 4. The van der Waals surface area contributed by atoms with Gasteiger partial charge in [0, 0.05) is 20.1 Å². The van der Waals surface area contributed by atoms with Crippen molar-refractivity contribution < 1.29 is 23.5 Å². The fourth-order valence-corrected chi connectivity index (χ4v) is 6.54. The van der Waals surface area contributed by atoms with Gasteiger partial charge in [-0.1, -0.05) is 48.5 Å². The Bertz CT molecular complexity index is 1240. The molecule has 3 aromatic rings. The van der Waals surface area contributed by atoms with Crippen LogP contribution in [0, 0.1) is 17.7 Å². The predicted molar refractivity (Wildman–Crippen MR) is 119 cm³/mol. The lowest BCUT2D eigenvalue weighted by molar-refractivity contribution is -0.168. The second-order valence-electron chi connectivity index (χ2n) is 8.82. The van der Waals surface area contributed by atoms with E-state index >= 15 is 0 Å². The van der Waals surface area contributed by atoms with Crippen molar-refractivity contribution in [3.8, 4) is 0 Å². The first-order valence-electron chi connectivity index (χ1n) is 10.9. The minimum Gasteiger partial charge on any atom is -0.355 e. The van der Waals surface area contributed by atoms with E-state index in [9.17, 15) is 14.0 Å². The lowest BCUT2D eigenvalue weighted by atomic mass is 9.47. The number of carbonyl (C=O) groups is 2. The van der Waals surface area contributed by atoms with Gasteiger partial charge in [0.2, 0.25) is 11.8 Å². The first kappa shape index (κ1) is 20.3. The van der Waals surface area contributed by atoms with Crippen LogP contribution in [0.1, 0.15) is 28.2 Å². The number of anilines is 1. The van der Waals surface area contributed by atoms with Gasteiger partial charge in [0.25, 0.3) is 0 Å². The van der Waals surface area contributed by atoms with Crippen LogP contribution in [0.15, 0.2) is 72.8 Å². The van der Waals surface area contributed by atoms with Crippen molar-refractivity contribution in [3.63, 3.8) is 0 Å². The molecule has 3 aliphatic carbocycles. The maximum Gasteiger partial charge on any atom is 0.239 e. The maximum atomic E-state index is 14.1. The van der Waals surface area contributed by atoms with E-state index in [0.717, 1.165) is 22.3 Å². The number of rotatable bonds is 4. The van der Waals surface area contributed by atoms with Gasteiger partial charge in [-0.25, -0.2) is 9.29 Å². The van der Waals surface area contributed by atoms with Crippen molar-refractivity contribution in [1.29, 1.82) is 0 Å². The Balaban J connectivity index is 1.67. The van der Waals surface area contributed by atoms with Crippen LogP contribution in [-0.2, 0) is 24.5 Å². The topological polar surface area (TPSA) is 55.8 Å². The molecule has 0 spiro atoms. The van der Waals surface area contributed by atoms with Gasteiger partial charge in [-0.15, -0.1) is 0 Å². The second-order valence-corrected chi connectivity index (χ2v) is 8.82. The summed E-state index contributed by atoms with van der Waals surface area (Å²) >= 11 is 0. The zero-order chi connectivity index (χ0) is 22.9. The molecule has 33 heavy (non-hydrogen) atoms. The third-order valence-corrected chi connectivity index (χ3v) is 7.57. The number of nitrogens with zero attached hydrogens (tertiary/aromatic N) is 1. The number of ether oxygens (including phenoxy) is 2. The van der Waals surface area contributed by atoms with Crippen molar-refractivity contribution in [2.75, 3.05) is 19.1 Å². The Morgan fingerprint density at radius 1 is 0.818 bits per heavy atom. The molecule has 7 rings (SSSR count). The van der Waals surface area contributed by atoms with Gasteiger partial charge >= 0.3 is 0 Å². The van der Waals surface area contributed by atoms with Crippen LogP contribution < -0.4 is 4.90 Å². The molecule has 2 amide bonds. The van der Waals surface area contributed by atoms with Crippen molar-refractivity contribution >= 4 is 17.5 Å². The van der Waals surface area contributed by atoms with Crippen LogP contribution >= 0.6 is 0 Å². The Hall–Kier alpha value is -3.35. The Labute approximate surface area is 190 Å². The third-order valence-electron chi connectivity index (χ3n) is 7.57. The number of hydrogen-bond donors (Lipinski definition) is 0. The molecule has 0 radical (unpaired) electrons. The zero-order valence-corrected chi connectivity index (χ0v) is 18.2. The SMILES string of the molecule is COC(OC)C12c3ccccc3C(c3ccccc31)C1C(=O)N(c3ccc(F)cc3)C(=O)C12. The summed E-state index contributed by atoms with van der Waals surface area (Å²) in [5.74, 6) is -2.61. The molecule has 2 bridgehead atoms. The lowest BCUT2D eigenvalue weighted by Gasteiger charge is -2.56. The highest BCUT2D eigenvalue weighted by molar-refractivity contribution is 6.23. The first-order chi connectivity index (χ1) is 16.1. The molecule has 2 atom stereocenters. The van der Waals surface area contributed by atoms with Crippen molar-refractivity contribution in [3.05, 3.63) is 101 Å². The predicted octanol–water partition coefficient (Wildman–Crippen LogP) is 4.00. The second kappa shape index (κ2) is 7.07. The molecule has 2 unspecified atom stereocenters. The molecule has 0 saturated carbocycles. The van der Waals surface area contributed by atoms with Crippen LogP contribution in [0.2, 0.25) is 0 Å². The van der Waals surface area contributed by atoms with E-state index in [-0.39, 0.29) is 17.7 Å². The van der Waals surface area contributed by atoms with E-state index < -0.39 is 29.4 Å². The molecule has 1 aliphatic heterocycles. The van der Waals surface area contributed by atoms with Gasteiger partial charge in [0.15, 0.2) is 6.29 Å². The molecular formula is C27H22FNO4. The first-order valence-corrected chi connectivity index (χ1v) is 10.9. The average Bonchev–Trinajstić information content (AvgIpc) is 3.12. The summed E-state index contributed by atoms with van der Waals surface area (Å²) in [4.78, 5) is 29.2. The van der Waals surface area contributed by atoms with Gasteiger partial charge in [-0.2, -0.15) is 0 Å². The van der Waals surface area contributed by atoms with Crippen molar-refractivity contribution in [2.24, 2.45) is 11.8 Å². The molecule has 6 heteroatoms. The van der Waals surface area contributed by atoms with Crippen molar-refractivity contribution in [1.82, 2.24) is 0 Å². The highest BCUT2D eigenvalue weighted by Crippen LogP contribution is 2.65. The average molecular weight is 443 g/mol. The minimum atomic E-state index is -1.00. The van der Waals surface area contributed by atoms with Crippen LogP contribution in [0.5, 0.6) is 0 Å². The molecule has 1 fully saturated rings. The molecule has 0 aromatic heterocycles. The molecule has 5 nitrogen and oxygen atoms in total. The van der Waals surface area contributed by atoms with E-state index in [1.807, 2.05) is 48.5 Å². The third kappa shape index (κ3) is 2.37. The fourth-order valence-electron chi connectivity index (χ4n) is 6.54. The summed E-state index contributed by atoms with van der Waals surface area (Å²) in [6, 6.07) is 21.4. The summed E-state index contributed by atoms with van der Waals surface area (Å²) in [5, 5.41) is 0. The normalized spacial score (nSPS) is 27.0. The number of amides is 2. The quantitative estimate of drug-likeness (QED) is 0.452. The number of benzene rings is 3. The standard InChI is InChI=1S/C27H22FNO4/c1-32-26(33-2)27-19-9-5-3-7-17(19)21(18-8-4-6-10-20(18)27)22-23(27)25(31)29(24(22)30)16-13-11-15(28)12-14-16/h3-14,21-23,26H,1-2H3. The van der Waals surface area contributed by atoms with Gasteiger partial charge in [-0.3, -0.25) is 9.59 Å². The molecule has 0 N–H and O–H groups in total. The molecule has 3 aromatic carbocycles. The summed E-state index contributed by atoms with van der Waals surface area (Å²) in [6.07, 6.45) is -0.793. The van der Waals surface area contributed by atoms with E-state index in [2.05, 4.69) is 0 Å². The van der Waals surface area contributed by atoms with Gasteiger partial charge in [-0.05, 0) is 46.5 Å². The van der Waals surface area contributed by atoms with Crippen LogP contribution in [0.4, 0.5) is 10.1 Å². The van der Waals surface area contributed by atoms with E-state index in [0.29, 0.717) is 5.69 Å². The van der Waals surface area contributed by atoms with E-state index in [1.54, 1.807) is 14.2 Å². The Kier molecular flexibility index (Phi) is 4.34. The highest BCUT2D eigenvalue weighted by Gasteiger charge is 2.71. The summed E-state index contributed by atoms with van der Waals surface area (Å²) < 4.78 is 25.3. The van der Waals surface area contributed by atoms with E-state index in [1.165, 1.54) is 29.2 Å². The Morgan fingerprint density at radius 3 is 1.91 bits per heavy atom. The number of carbonyl (C=O) groups excluding carboxylic acids is 2. The van der Waals surface area contributed by atoms with Gasteiger partial charge < -0.3 is 9.47 Å².